The predicted octanol–water partition coefficient (Wildman–Crippen LogP) is 0.576. The summed E-state index contributed by atoms with van der Waals surface area (Å²) >= 11 is 5.66. The second-order valence-corrected chi connectivity index (χ2v) is 3.53. The fraction of sp³-hybridized carbons (Fsp3) is 0.250. The molecule has 5 N–H and O–H groups in total. The molecule has 0 amide bonds. The summed E-state index contributed by atoms with van der Waals surface area (Å²) in [7, 11) is 0. The van der Waals surface area contributed by atoms with E-state index in [9.17, 15) is 4.79 Å². The fourth-order valence-corrected chi connectivity index (χ4v) is 1.14. The van der Waals surface area contributed by atoms with E-state index in [-0.39, 0.29) is 11.4 Å². The van der Waals surface area contributed by atoms with Gasteiger partial charge in [0.15, 0.2) is 0 Å². The zero-order chi connectivity index (χ0) is 10.9. The predicted molar refractivity (Wildman–Crippen MR) is 52.8 cm³/mol. The molecule has 1 heterocycles. The van der Waals surface area contributed by atoms with Crippen molar-refractivity contribution in [3.05, 3.63) is 22.8 Å². The number of carbonyl (C=O) groups is 1. The van der Waals surface area contributed by atoms with Crippen LogP contribution >= 0.6 is 11.6 Å². The van der Waals surface area contributed by atoms with Crippen molar-refractivity contribution in [2.24, 2.45) is 5.73 Å². The fourth-order valence-electron chi connectivity index (χ4n) is 0.981. The maximum absolute atomic E-state index is 10.8. The molecule has 0 saturated heterocycles. The van der Waals surface area contributed by atoms with E-state index in [0.29, 0.717) is 5.02 Å². The summed E-state index contributed by atoms with van der Waals surface area (Å²) in [4.78, 5) is 14.6. The van der Waals surface area contributed by atoms with Gasteiger partial charge >= 0.3 is 5.97 Å². The highest BCUT2D eigenvalue weighted by Crippen LogP contribution is 2.25. The number of nitrogen functional groups attached to an aromatic ring is 1. The number of pyridine rings is 1. The maximum Gasteiger partial charge on any atom is 0.328 e. The minimum Gasteiger partial charge on any atom is -0.480 e. The van der Waals surface area contributed by atoms with Gasteiger partial charge in [0.05, 0.1) is 5.02 Å². The highest BCUT2D eigenvalue weighted by atomic mass is 35.5. The van der Waals surface area contributed by atoms with E-state index in [4.69, 9.17) is 28.2 Å². The lowest BCUT2D eigenvalue weighted by atomic mass is 9.94. The largest absolute Gasteiger partial charge is 0.480 e. The van der Waals surface area contributed by atoms with Crippen LogP contribution in [0.5, 0.6) is 0 Å². The van der Waals surface area contributed by atoms with Crippen LogP contribution in [0.3, 0.4) is 0 Å². The molecule has 14 heavy (non-hydrogen) atoms. The van der Waals surface area contributed by atoms with E-state index in [1.807, 2.05) is 0 Å². The number of aliphatic carboxylic acids is 1. The lowest BCUT2D eigenvalue weighted by molar-refractivity contribution is -0.143. The summed E-state index contributed by atoms with van der Waals surface area (Å²) in [6.45, 7) is 1.33. The standard InChI is InChI=1S/C8H10ClN3O2/c1-8(11,7(13)14)5-2-4(9)3-12-6(5)10/h2-3H,11H2,1H3,(H2,10,12)(H,13,14)/t8-/m0/s1. The number of rotatable bonds is 2. The zero-order valence-electron chi connectivity index (χ0n) is 7.49. The highest BCUT2D eigenvalue weighted by molar-refractivity contribution is 6.30. The number of anilines is 1. The molecule has 0 aliphatic heterocycles. The molecule has 0 aromatic carbocycles. The first-order chi connectivity index (χ1) is 6.35. The molecule has 1 atom stereocenters. The van der Waals surface area contributed by atoms with Crippen LogP contribution in [0.4, 0.5) is 5.82 Å². The number of hydrogen-bond donors (Lipinski definition) is 3. The summed E-state index contributed by atoms with van der Waals surface area (Å²) < 4.78 is 0. The number of nitrogens with two attached hydrogens (primary N) is 2. The van der Waals surface area contributed by atoms with E-state index in [1.54, 1.807) is 0 Å². The third-order valence-electron chi connectivity index (χ3n) is 1.89. The molecule has 0 fully saturated rings. The summed E-state index contributed by atoms with van der Waals surface area (Å²) in [5.41, 5.74) is 9.70. The molecule has 1 aromatic heterocycles. The van der Waals surface area contributed by atoms with Crippen LogP contribution in [-0.2, 0) is 10.3 Å². The first-order valence-electron chi connectivity index (χ1n) is 3.79. The molecule has 1 aromatic rings. The smallest absolute Gasteiger partial charge is 0.328 e. The summed E-state index contributed by atoms with van der Waals surface area (Å²) in [5, 5.41) is 9.16. The van der Waals surface area contributed by atoms with Crippen molar-refractivity contribution in [3.8, 4) is 0 Å². The molecular formula is C8H10ClN3O2. The number of hydrogen-bond acceptors (Lipinski definition) is 4. The first kappa shape index (κ1) is 10.7. The molecule has 0 bridgehead atoms. The Morgan fingerprint density at radius 1 is 1.71 bits per heavy atom. The van der Waals surface area contributed by atoms with Gasteiger partial charge < -0.3 is 16.6 Å². The molecule has 0 aliphatic rings. The molecule has 1 rings (SSSR count). The first-order valence-corrected chi connectivity index (χ1v) is 4.17. The van der Waals surface area contributed by atoms with Gasteiger partial charge in [-0.15, -0.1) is 0 Å². The monoisotopic (exact) mass is 215 g/mol. The van der Waals surface area contributed by atoms with Crippen LogP contribution in [0.15, 0.2) is 12.3 Å². The Balaban J connectivity index is 3.31. The van der Waals surface area contributed by atoms with Crippen molar-refractivity contribution in [2.45, 2.75) is 12.5 Å². The third-order valence-corrected chi connectivity index (χ3v) is 2.10. The topological polar surface area (TPSA) is 102 Å². The average Bonchev–Trinajstić information content (AvgIpc) is 2.08. The summed E-state index contributed by atoms with van der Waals surface area (Å²) in [6, 6.07) is 1.40. The van der Waals surface area contributed by atoms with Crippen molar-refractivity contribution >= 4 is 23.4 Å². The SMILES string of the molecule is C[C@@](N)(C(=O)O)c1cc(Cl)cnc1N. The summed E-state index contributed by atoms with van der Waals surface area (Å²) in [6.07, 6.45) is 1.33. The average molecular weight is 216 g/mol. The Bertz CT molecular complexity index is 379. The molecule has 76 valence electrons. The minimum atomic E-state index is -1.58. The van der Waals surface area contributed by atoms with Crippen LogP contribution in [0, 0.1) is 0 Å². The Labute approximate surface area is 85.7 Å². The number of nitrogens with zero attached hydrogens (tertiary/aromatic N) is 1. The normalized spacial score (nSPS) is 14.8. The third kappa shape index (κ3) is 1.78. The molecule has 0 aliphatic carbocycles. The van der Waals surface area contributed by atoms with E-state index < -0.39 is 11.5 Å². The Hall–Kier alpha value is -1.33. The molecule has 5 nitrogen and oxygen atoms in total. The maximum atomic E-state index is 10.8. The van der Waals surface area contributed by atoms with Gasteiger partial charge in [0.25, 0.3) is 0 Å². The Morgan fingerprint density at radius 2 is 2.29 bits per heavy atom. The van der Waals surface area contributed by atoms with Gasteiger partial charge in [-0.2, -0.15) is 0 Å². The van der Waals surface area contributed by atoms with Crippen molar-refractivity contribution in [2.75, 3.05) is 5.73 Å². The minimum absolute atomic E-state index is 0.0711. The van der Waals surface area contributed by atoms with Crippen molar-refractivity contribution < 1.29 is 9.90 Å². The van der Waals surface area contributed by atoms with Gasteiger partial charge in [-0.1, -0.05) is 11.6 Å². The van der Waals surface area contributed by atoms with Gasteiger partial charge in [0.1, 0.15) is 11.4 Å². The van der Waals surface area contributed by atoms with Crippen molar-refractivity contribution in [3.63, 3.8) is 0 Å². The Kier molecular flexibility index (Phi) is 2.64. The molecule has 0 spiro atoms. The number of carboxylic acid groups (broad SMARTS) is 1. The van der Waals surface area contributed by atoms with E-state index in [2.05, 4.69) is 4.98 Å². The molecule has 0 unspecified atom stereocenters. The Morgan fingerprint density at radius 3 is 2.79 bits per heavy atom. The number of aromatic nitrogens is 1. The zero-order valence-corrected chi connectivity index (χ0v) is 8.25. The van der Waals surface area contributed by atoms with Gasteiger partial charge in [0.2, 0.25) is 0 Å². The quantitative estimate of drug-likeness (QED) is 0.670. The second-order valence-electron chi connectivity index (χ2n) is 3.09. The van der Waals surface area contributed by atoms with Crippen LogP contribution in [0.2, 0.25) is 5.02 Å². The van der Waals surface area contributed by atoms with E-state index in [0.717, 1.165) is 0 Å². The lowest BCUT2D eigenvalue weighted by Crippen LogP contribution is -2.42. The van der Waals surface area contributed by atoms with Crippen LogP contribution in [-0.4, -0.2) is 16.1 Å². The van der Waals surface area contributed by atoms with Gasteiger partial charge in [-0.25, -0.2) is 9.78 Å². The molecule has 0 saturated carbocycles. The van der Waals surface area contributed by atoms with Gasteiger partial charge in [0, 0.05) is 11.8 Å². The highest BCUT2D eigenvalue weighted by Gasteiger charge is 2.32. The lowest BCUT2D eigenvalue weighted by Gasteiger charge is -2.20. The van der Waals surface area contributed by atoms with Crippen molar-refractivity contribution in [1.82, 2.24) is 4.98 Å². The van der Waals surface area contributed by atoms with E-state index >= 15 is 0 Å². The van der Waals surface area contributed by atoms with Crippen molar-refractivity contribution in [1.29, 1.82) is 0 Å². The van der Waals surface area contributed by atoms with Crippen LogP contribution in [0.25, 0.3) is 0 Å². The second kappa shape index (κ2) is 3.43. The van der Waals surface area contributed by atoms with Gasteiger partial charge in [-0.05, 0) is 13.0 Å². The van der Waals surface area contributed by atoms with Gasteiger partial charge in [-0.3, -0.25) is 0 Å². The number of carboxylic acids is 1. The van der Waals surface area contributed by atoms with Crippen LogP contribution < -0.4 is 11.5 Å². The molecular weight excluding hydrogens is 206 g/mol. The number of halogens is 1. The van der Waals surface area contributed by atoms with E-state index in [1.165, 1.54) is 19.2 Å². The molecule has 6 heteroatoms. The molecule has 0 radical (unpaired) electrons. The van der Waals surface area contributed by atoms with Crippen LogP contribution in [0.1, 0.15) is 12.5 Å². The summed E-state index contributed by atoms with van der Waals surface area (Å²) in [5.74, 6) is -1.12.